The fraction of sp³-hybridized carbons (Fsp3) is 0.500. The van der Waals surface area contributed by atoms with Crippen LogP contribution in [0.25, 0.3) is 0 Å². The molecule has 0 amide bonds. The average Bonchev–Trinajstić information content (AvgIpc) is 2.81. The predicted molar refractivity (Wildman–Crippen MR) is 75.6 cm³/mol. The van der Waals surface area contributed by atoms with E-state index in [0.29, 0.717) is 21.7 Å². The summed E-state index contributed by atoms with van der Waals surface area (Å²) in [4.78, 5) is 12.3. The molecular formula is C14H17Cl2NO. The topological polar surface area (TPSA) is 29.1 Å². The SMILES string of the molecule is CC(NC1CCCC1)C(=O)c1ccc(Cl)cc1Cl. The fourth-order valence-electron chi connectivity index (χ4n) is 2.44. The lowest BCUT2D eigenvalue weighted by molar-refractivity contribution is 0.0945. The number of carbonyl (C=O) groups is 1. The third-order valence-electron chi connectivity index (χ3n) is 3.43. The van der Waals surface area contributed by atoms with Crippen molar-refractivity contribution in [3.63, 3.8) is 0 Å². The van der Waals surface area contributed by atoms with Crippen LogP contribution in [0, 0.1) is 0 Å². The van der Waals surface area contributed by atoms with Gasteiger partial charge in [0.2, 0.25) is 0 Å². The van der Waals surface area contributed by atoms with Gasteiger partial charge in [0.15, 0.2) is 5.78 Å². The van der Waals surface area contributed by atoms with Crippen LogP contribution in [0.5, 0.6) is 0 Å². The average molecular weight is 286 g/mol. The Bertz CT molecular complexity index is 441. The number of hydrogen-bond acceptors (Lipinski definition) is 2. The van der Waals surface area contributed by atoms with Crippen molar-refractivity contribution >= 4 is 29.0 Å². The lowest BCUT2D eigenvalue weighted by atomic mass is 10.0. The van der Waals surface area contributed by atoms with Crippen LogP contribution in [0.3, 0.4) is 0 Å². The Morgan fingerprint density at radius 1 is 1.33 bits per heavy atom. The van der Waals surface area contributed by atoms with Gasteiger partial charge in [-0.15, -0.1) is 0 Å². The molecule has 0 aromatic heterocycles. The first-order valence-corrected chi connectivity index (χ1v) is 7.09. The van der Waals surface area contributed by atoms with E-state index in [1.807, 2.05) is 6.92 Å². The van der Waals surface area contributed by atoms with Gasteiger partial charge in [0, 0.05) is 16.6 Å². The van der Waals surface area contributed by atoms with Gasteiger partial charge in [-0.05, 0) is 38.0 Å². The zero-order chi connectivity index (χ0) is 13.1. The summed E-state index contributed by atoms with van der Waals surface area (Å²) in [5.74, 6) is 0.0311. The van der Waals surface area contributed by atoms with Crippen molar-refractivity contribution in [2.45, 2.75) is 44.7 Å². The van der Waals surface area contributed by atoms with E-state index < -0.39 is 0 Å². The van der Waals surface area contributed by atoms with Crippen LogP contribution < -0.4 is 5.32 Å². The molecule has 1 aromatic rings. The Kier molecular flexibility index (Phi) is 4.66. The van der Waals surface area contributed by atoms with Crippen LogP contribution in [0.2, 0.25) is 10.0 Å². The standard InChI is InChI=1S/C14H17Cl2NO/c1-9(17-11-4-2-3-5-11)14(18)12-7-6-10(15)8-13(12)16/h6-9,11,17H,2-5H2,1H3. The molecule has 1 N–H and O–H groups in total. The molecule has 0 aliphatic heterocycles. The third kappa shape index (κ3) is 3.25. The Balaban J connectivity index is 2.05. The highest BCUT2D eigenvalue weighted by Gasteiger charge is 2.22. The molecule has 0 spiro atoms. The molecule has 1 aliphatic rings. The minimum Gasteiger partial charge on any atom is -0.305 e. The molecule has 1 fully saturated rings. The first-order valence-electron chi connectivity index (χ1n) is 6.33. The van der Waals surface area contributed by atoms with Crippen molar-refractivity contribution in [3.8, 4) is 0 Å². The molecule has 98 valence electrons. The van der Waals surface area contributed by atoms with Gasteiger partial charge in [-0.3, -0.25) is 4.79 Å². The number of halogens is 2. The quantitative estimate of drug-likeness (QED) is 0.844. The van der Waals surface area contributed by atoms with Gasteiger partial charge in [-0.1, -0.05) is 36.0 Å². The van der Waals surface area contributed by atoms with E-state index in [2.05, 4.69) is 5.32 Å². The molecule has 18 heavy (non-hydrogen) atoms. The molecule has 0 bridgehead atoms. The summed E-state index contributed by atoms with van der Waals surface area (Å²) in [6.45, 7) is 1.89. The molecule has 4 heteroatoms. The number of hydrogen-bond donors (Lipinski definition) is 1. The molecular weight excluding hydrogens is 269 g/mol. The van der Waals surface area contributed by atoms with Crippen molar-refractivity contribution in [1.29, 1.82) is 0 Å². The van der Waals surface area contributed by atoms with E-state index in [1.54, 1.807) is 18.2 Å². The van der Waals surface area contributed by atoms with Crippen LogP contribution in [-0.4, -0.2) is 17.9 Å². The van der Waals surface area contributed by atoms with Crippen molar-refractivity contribution in [2.75, 3.05) is 0 Å². The van der Waals surface area contributed by atoms with Crippen LogP contribution >= 0.6 is 23.2 Å². The van der Waals surface area contributed by atoms with Gasteiger partial charge in [0.1, 0.15) is 0 Å². The van der Waals surface area contributed by atoms with E-state index in [0.717, 1.165) is 12.8 Å². The van der Waals surface area contributed by atoms with Gasteiger partial charge in [0.05, 0.1) is 11.1 Å². The zero-order valence-electron chi connectivity index (χ0n) is 10.4. The monoisotopic (exact) mass is 285 g/mol. The second-order valence-electron chi connectivity index (χ2n) is 4.86. The number of rotatable bonds is 4. The normalized spacial score (nSPS) is 17.9. The van der Waals surface area contributed by atoms with Gasteiger partial charge in [0.25, 0.3) is 0 Å². The molecule has 0 radical (unpaired) electrons. The van der Waals surface area contributed by atoms with Crippen molar-refractivity contribution in [1.82, 2.24) is 5.32 Å². The van der Waals surface area contributed by atoms with E-state index in [-0.39, 0.29) is 11.8 Å². The third-order valence-corrected chi connectivity index (χ3v) is 3.98. The summed E-state index contributed by atoms with van der Waals surface area (Å²) >= 11 is 11.9. The van der Waals surface area contributed by atoms with Crippen LogP contribution in [0.15, 0.2) is 18.2 Å². The van der Waals surface area contributed by atoms with Crippen molar-refractivity contribution < 1.29 is 4.79 Å². The van der Waals surface area contributed by atoms with E-state index in [9.17, 15) is 4.79 Å². The van der Waals surface area contributed by atoms with E-state index >= 15 is 0 Å². The summed E-state index contributed by atoms with van der Waals surface area (Å²) < 4.78 is 0. The predicted octanol–water partition coefficient (Wildman–Crippen LogP) is 4.10. The Hall–Kier alpha value is -0.570. The fourth-order valence-corrected chi connectivity index (χ4v) is 2.95. The Labute approximate surface area is 118 Å². The Morgan fingerprint density at radius 3 is 2.61 bits per heavy atom. The summed E-state index contributed by atoms with van der Waals surface area (Å²) in [5, 5.41) is 4.35. The molecule has 0 saturated heterocycles. The van der Waals surface area contributed by atoms with E-state index in [4.69, 9.17) is 23.2 Å². The van der Waals surface area contributed by atoms with Crippen molar-refractivity contribution in [2.24, 2.45) is 0 Å². The molecule has 2 rings (SSSR count). The lowest BCUT2D eigenvalue weighted by Crippen LogP contribution is -2.40. The number of ketones is 1. The summed E-state index contributed by atoms with van der Waals surface area (Å²) in [6.07, 6.45) is 4.82. The molecule has 1 atom stereocenters. The minimum atomic E-state index is -0.202. The van der Waals surface area contributed by atoms with E-state index in [1.165, 1.54) is 12.8 Å². The molecule has 2 nitrogen and oxygen atoms in total. The van der Waals surface area contributed by atoms with Crippen LogP contribution in [0.4, 0.5) is 0 Å². The maximum absolute atomic E-state index is 12.3. The summed E-state index contributed by atoms with van der Waals surface area (Å²) in [7, 11) is 0. The van der Waals surface area contributed by atoms with Gasteiger partial charge in [-0.25, -0.2) is 0 Å². The zero-order valence-corrected chi connectivity index (χ0v) is 11.9. The molecule has 1 aliphatic carbocycles. The smallest absolute Gasteiger partial charge is 0.180 e. The first-order chi connectivity index (χ1) is 8.58. The van der Waals surface area contributed by atoms with Crippen LogP contribution in [0.1, 0.15) is 43.0 Å². The molecule has 1 aromatic carbocycles. The second kappa shape index (κ2) is 6.05. The minimum absolute atomic E-state index is 0.0311. The highest BCUT2D eigenvalue weighted by Crippen LogP contribution is 2.23. The number of carbonyl (C=O) groups excluding carboxylic acids is 1. The number of Topliss-reactive ketones (excluding diaryl/α,β-unsaturated/α-hetero) is 1. The van der Waals surface area contributed by atoms with Gasteiger partial charge >= 0.3 is 0 Å². The largest absolute Gasteiger partial charge is 0.305 e. The highest BCUT2D eigenvalue weighted by molar-refractivity contribution is 6.37. The maximum atomic E-state index is 12.3. The lowest BCUT2D eigenvalue weighted by Gasteiger charge is -2.18. The molecule has 1 saturated carbocycles. The number of nitrogens with one attached hydrogen (secondary N) is 1. The Morgan fingerprint density at radius 2 is 2.00 bits per heavy atom. The number of benzene rings is 1. The molecule has 1 unspecified atom stereocenters. The molecule has 0 heterocycles. The van der Waals surface area contributed by atoms with Crippen LogP contribution in [-0.2, 0) is 0 Å². The summed E-state index contributed by atoms with van der Waals surface area (Å²) in [5.41, 5.74) is 0.541. The highest BCUT2D eigenvalue weighted by atomic mass is 35.5. The maximum Gasteiger partial charge on any atom is 0.180 e. The second-order valence-corrected chi connectivity index (χ2v) is 5.70. The first kappa shape index (κ1) is 13.9. The van der Waals surface area contributed by atoms with Gasteiger partial charge < -0.3 is 5.32 Å². The van der Waals surface area contributed by atoms with Gasteiger partial charge in [-0.2, -0.15) is 0 Å². The van der Waals surface area contributed by atoms with Crippen molar-refractivity contribution in [3.05, 3.63) is 33.8 Å². The summed E-state index contributed by atoms with van der Waals surface area (Å²) in [6, 6.07) is 5.27.